The van der Waals surface area contributed by atoms with E-state index in [2.05, 4.69) is 0 Å². The predicted molar refractivity (Wildman–Crippen MR) is 105 cm³/mol. The van der Waals surface area contributed by atoms with E-state index in [0.717, 1.165) is 17.4 Å². The van der Waals surface area contributed by atoms with Gasteiger partial charge in [-0.3, -0.25) is 0 Å². The molecule has 0 unspecified atom stereocenters. The van der Waals surface area contributed by atoms with Gasteiger partial charge in [0.25, 0.3) is 0 Å². The topological polar surface area (TPSA) is 74.0 Å². The first-order valence-corrected chi connectivity index (χ1v) is 9.86. The molecule has 1 aromatic heterocycles. The van der Waals surface area contributed by atoms with E-state index < -0.39 is 23.9 Å². The number of carbonyl (C=O) groups is 1. The van der Waals surface area contributed by atoms with Crippen LogP contribution in [0.4, 0.5) is 9.80 Å². The lowest BCUT2D eigenvalue weighted by Gasteiger charge is -2.32. The summed E-state index contributed by atoms with van der Waals surface area (Å²) < 4.78 is 17.9. The van der Waals surface area contributed by atoms with Crippen LogP contribution >= 0.6 is 11.3 Å². The maximum atomic E-state index is 12.5. The minimum absolute atomic E-state index is 0.298. The number of hydrogen-bond acceptors (Lipinski definition) is 6. The number of amides is 1. The first-order chi connectivity index (χ1) is 11.8. The van der Waals surface area contributed by atoms with Crippen LogP contribution in [0, 0.1) is 0 Å². The van der Waals surface area contributed by atoms with E-state index in [1.807, 2.05) is 48.5 Å². The Balaban J connectivity index is 1.86. The lowest BCUT2D eigenvalue weighted by molar-refractivity contribution is 0.00578. The molecule has 144 valence electrons. The van der Waals surface area contributed by atoms with Gasteiger partial charge in [0.05, 0.1) is 16.2 Å². The van der Waals surface area contributed by atoms with Crippen LogP contribution in [0.1, 0.15) is 58.9 Å². The van der Waals surface area contributed by atoms with E-state index in [-0.39, 0.29) is 6.09 Å². The zero-order valence-electron chi connectivity index (χ0n) is 16.8. The first kappa shape index (κ1) is 19.5. The molecule has 0 aliphatic carbocycles. The van der Waals surface area contributed by atoms with Crippen molar-refractivity contribution in [3.05, 3.63) is 10.4 Å². The summed E-state index contributed by atoms with van der Waals surface area (Å²) >= 11 is 1.57. The van der Waals surface area contributed by atoms with Crippen LogP contribution in [-0.4, -0.2) is 41.5 Å². The highest BCUT2D eigenvalue weighted by Gasteiger charge is 2.53. The average Bonchev–Trinajstić information content (AvgIpc) is 2.88. The van der Waals surface area contributed by atoms with Crippen LogP contribution in [0.3, 0.4) is 0 Å². The minimum Gasteiger partial charge on any atom is -0.444 e. The molecule has 1 saturated heterocycles. The molecule has 2 N–H and O–H groups in total. The molecule has 0 spiro atoms. The Morgan fingerprint density at radius 2 is 1.81 bits per heavy atom. The molecule has 8 heteroatoms. The van der Waals surface area contributed by atoms with Crippen LogP contribution in [0.25, 0.3) is 0 Å². The fourth-order valence-corrected chi connectivity index (χ4v) is 4.22. The number of nitrogens with two attached hydrogens (primary N) is 1. The molecule has 26 heavy (non-hydrogen) atoms. The summed E-state index contributed by atoms with van der Waals surface area (Å²) in [6.45, 7) is 14.8. The van der Waals surface area contributed by atoms with E-state index >= 15 is 0 Å². The predicted octanol–water partition coefficient (Wildman–Crippen LogP) is 2.92. The Bertz CT molecular complexity index is 708. The zero-order valence-corrected chi connectivity index (χ0v) is 17.6. The molecule has 1 aromatic rings. The smallest absolute Gasteiger partial charge is 0.444 e. The third-order valence-electron chi connectivity index (χ3n) is 5.26. The number of carbonyl (C=O) groups excluding carboxylic acids is 1. The molecule has 0 atom stereocenters. The van der Waals surface area contributed by atoms with Crippen molar-refractivity contribution in [2.45, 2.75) is 78.2 Å². The van der Waals surface area contributed by atoms with Crippen molar-refractivity contribution in [3.63, 3.8) is 0 Å². The Morgan fingerprint density at radius 3 is 2.35 bits per heavy atom. The lowest BCUT2D eigenvalue weighted by atomic mass is 9.76. The highest BCUT2D eigenvalue weighted by molar-refractivity contribution is 7.17. The van der Waals surface area contributed by atoms with Gasteiger partial charge >= 0.3 is 13.2 Å². The van der Waals surface area contributed by atoms with Crippen molar-refractivity contribution in [2.75, 3.05) is 12.3 Å². The van der Waals surface area contributed by atoms with Gasteiger partial charge in [0.15, 0.2) is 0 Å². The second-order valence-electron chi connectivity index (χ2n) is 9.02. The number of hydrogen-bond donors (Lipinski definition) is 1. The zero-order chi connectivity index (χ0) is 19.5. The van der Waals surface area contributed by atoms with Crippen LogP contribution in [-0.2, 0) is 27.0 Å². The number of ether oxygens (including phenoxy) is 1. The maximum Gasteiger partial charge on any atom is 0.498 e. The van der Waals surface area contributed by atoms with Crippen molar-refractivity contribution in [1.82, 2.24) is 4.90 Å². The summed E-state index contributed by atoms with van der Waals surface area (Å²) in [4.78, 5) is 15.4. The highest BCUT2D eigenvalue weighted by Crippen LogP contribution is 2.39. The molecule has 1 fully saturated rings. The Kier molecular flexibility index (Phi) is 4.61. The summed E-state index contributed by atoms with van der Waals surface area (Å²) in [6.07, 6.45) is 0.468. The van der Waals surface area contributed by atoms with Gasteiger partial charge in [-0.1, -0.05) is 0 Å². The van der Waals surface area contributed by atoms with E-state index in [4.69, 9.17) is 19.8 Å². The molecule has 2 aliphatic rings. The summed E-state index contributed by atoms with van der Waals surface area (Å²) in [5.41, 5.74) is 6.86. The molecule has 0 saturated carbocycles. The van der Waals surface area contributed by atoms with Gasteiger partial charge in [-0.2, -0.15) is 0 Å². The molecule has 0 radical (unpaired) electrons. The number of anilines is 1. The standard InChI is InChI=1S/C18H29BN2O4S/c1-16(2,3)23-15(22)21-9-8-12-11(10-21)13(14(20)26-12)19-24-17(4,5)18(6,7)25-19/h8-10,20H2,1-7H3. The lowest BCUT2D eigenvalue weighted by Crippen LogP contribution is -2.44. The van der Waals surface area contributed by atoms with E-state index in [1.54, 1.807) is 16.2 Å². The minimum atomic E-state index is -0.515. The van der Waals surface area contributed by atoms with Crippen molar-refractivity contribution < 1.29 is 18.8 Å². The first-order valence-electron chi connectivity index (χ1n) is 9.04. The van der Waals surface area contributed by atoms with Crippen molar-refractivity contribution in [3.8, 4) is 0 Å². The van der Waals surface area contributed by atoms with Crippen molar-refractivity contribution in [1.29, 1.82) is 0 Å². The molecular weight excluding hydrogens is 351 g/mol. The number of nitrogen functional groups attached to an aromatic ring is 1. The number of thiophene rings is 1. The van der Waals surface area contributed by atoms with Crippen molar-refractivity contribution in [2.24, 2.45) is 0 Å². The Hall–Kier alpha value is -1.25. The normalized spacial score (nSPS) is 21.7. The van der Waals surface area contributed by atoms with Gasteiger partial charge in [0, 0.05) is 23.4 Å². The molecule has 3 rings (SSSR count). The van der Waals surface area contributed by atoms with Gasteiger partial charge in [0.1, 0.15) is 5.60 Å². The fourth-order valence-electron chi connectivity index (χ4n) is 3.13. The van der Waals surface area contributed by atoms with Gasteiger partial charge in [-0.25, -0.2) is 4.79 Å². The van der Waals surface area contributed by atoms with E-state index in [0.29, 0.717) is 18.1 Å². The number of fused-ring (bicyclic) bond motifs is 1. The van der Waals surface area contributed by atoms with Gasteiger partial charge in [-0.05, 0) is 60.5 Å². The molecule has 3 heterocycles. The third kappa shape index (κ3) is 3.46. The highest BCUT2D eigenvalue weighted by atomic mass is 32.1. The van der Waals surface area contributed by atoms with Crippen LogP contribution < -0.4 is 11.2 Å². The maximum absolute atomic E-state index is 12.5. The Labute approximate surface area is 160 Å². The second-order valence-corrected chi connectivity index (χ2v) is 10.2. The van der Waals surface area contributed by atoms with E-state index in [9.17, 15) is 4.79 Å². The number of rotatable bonds is 1. The average molecular weight is 380 g/mol. The van der Waals surface area contributed by atoms with Crippen LogP contribution in [0.15, 0.2) is 0 Å². The summed E-state index contributed by atoms with van der Waals surface area (Å²) in [7, 11) is -0.515. The van der Waals surface area contributed by atoms with Crippen LogP contribution in [0.2, 0.25) is 0 Å². The van der Waals surface area contributed by atoms with Gasteiger partial charge in [-0.15, -0.1) is 11.3 Å². The largest absolute Gasteiger partial charge is 0.498 e. The SMILES string of the molecule is CC(C)(C)OC(=O)N1CCc2sc(N)c(B3OC(C)(C)C(C)(C)O3)c2C1. The Morgan fingerprint density at radius 1 is 1.23 bits per heavy atom. The van der Waals surface area contributed by atoms with Crippen LogP contribution in [0.5, 0.6) is 0 Å². The molecule has 2 aliphatic heterocycles. The summed E-state index contributed by atoms with van der Waals surface area (Å²) in [5.74, 6) is 0. The second kappa shape index (κ2) is 6.14. The van der Waals surface area contributed by atoms with Crippen molar-refractivity contribution >= 4 is 35.0 Å². The van der Waals surface area contributed by atoms with Gasteiger partial charge in [0.2, 0.25) is 0 Å². The molecular formula is C18H29BN2O4S. The molecule has 1 amide bonds. The molecule has 0 bridgehead atoms. The summed E-state index contributed by atoms with van der Waals surface area (Å²) in [6, 6.07) is 0. The quantitative estimate of drug-likeness (QED) is 0.759. The monoisotopic (exact) mass is 380 g/mol. The molecule has 6 nitrogen and oxygen atoms in total. The third-order valence-corrected chi connectivity index (χ3v) is 6.40. The van der Waals surface area contributed by atoms with E-state index in [1.165, 1.54) is 4.88 Å². The molecule has 0 aromatic carbocycles. The van der Waals surface area contributed by atoms with Gasteiger partial charge < -0.3 is 24.7 Å². The summed E-state index contributed by atoms with van der Waals surface area (Å²) in [5, 5.41) is 0.708. The number of nitrogens with zero attached hydrogens (tertiary/aromatic N) is 1. The fraction of sp³-hybridized carbons (Fsp3) is 0.722.